The summed E-state index contributed by atoms with van der Waals surface area (Å²) in [5, 5.41) is 11.5. The maximum atomic E-state index is 12.9. The Bertz CT molecular complexity index is 1110. The molecule has 0 amide bonds. The average molecular weight is 447 g/mol. The molecular weight excluding hydrogens is 416 g/mol. The molecule has 33 heavy (non-hydrogen) atoms. The number of nitrogens with zero attached hydrogens (tertiary/aromatic N) is 4. The Labute approximate surface area is 194 Å². The standard InChI is InChI=1S/C26H30N4O3/c1-18-4-3-5-19(2)25(18)29-14-12-28(13-15-29)23-7-6-22(30(32)33)16-21(23)17-24-26(31)20-8-10-27(24)11-9-20/h3-7,16-17,20H,8-15H2,1-2H3/b24-17-. The predicted octanol–water partition coefficient (Wildman–Crippen LogP) is 4.17. The van der Waals surface area contributed by atoms with E-state index in [2.05, 4.69) is 46.7 Å². The molecule has 2 aromatic rings. The Morgan fingerprint density at radius 3 is 2.15 bits per heavy atom. The van der Waals surface area contributed by atoms with Crippen LogP contribution >= 0.6 is 0 Å². The molecule has 2 bridgehead atoms. The summed E-state index contributed by atoms with van der Waals surface area (Å²) in [6.45, 7) is 9.49. The third-order valence-electron chi connectivity index (χ3n) is 7.35. The van der Waals surface area contributed by atoms with E-state index in [1.165, 1.54) is 16.8 Å². The highest BCUT2D eigenvalue weighted by molar-refractivity contribution is 6.02. The van der Waals surface area contributed by atoms with Gasteiger partial charge in [0.2, 0.25) is 0 Å². The molecule has 4 heterocycles. The zero-order valence-electron chi connectivity index (χ0n) is 19.3. The number of non-ortho nitro benzene ring substituents is 1. The first-order valence-electron chi connectivity index (χ1n) is 11.8. The van der Waals surface area contributed by atoms with Gasteiger partial charge in [-0.05, 0) is 50.0 Å². The fourth-order valence-electron chi connectivity index (χ4n) is 5.59. The monoisotopic (exact) mass is 446 g/mol. The van der Waals surface area contributed by atoms with Gasteiger partial charge in [-0.3, -0.25) is 14.9 Å². The van der Waals surface area contributed by atoms with Crippen LogP contribution in [0.1, 0.15) is 29.5 Å². The summed E-state index contributed by atoms with van der Waals surface area (Å²) in [5.74, 6) is 0.286. The molecule has 4 aliphatic rings. The molecule has 0 spiro atoms. The highest BCUT2D eigenvalue weighted by Crippen LogP contribution is 2.36. The Morgan fingerprint density at radius 1 is 0.909 bits per heavy atom. The largest absolute Gasteiger partial charge is 0.369 e. The van der Waals surface area contributed by atoms with E-state index in [9.17, 15) is 14.9 Å². The first-order chi connectivity index (χ1) is 15.9. The van der Waals surface area contributed by atoms with Gasteiger partial charge in [-0.15, -0.1) is 0 Å². The van der Waals surface area contributed by atoms with E-state index in [1.54, 1.807) is 12.1 Å². The van der Waals surface area contributed by atoms with E-state index in [0.717, 1.165) is 63.4 Å². The second-order valence-corrected chi connectivity index (χ2v) is 9.37. The van der Waals surface area contributed by atoms with Crippen LogP contribution in [0.15, 0.2) is 42.1 Å². The summed E-state index contributed by atoms with van der Waals surface area (Å²) in [6, 6.07) is 11.4. The van der Waals surface area contributed by atoms with Gasteiger partial charge in [0.25, 0.3) is 5.69 Å². The number of carbonyl (C=O) groups is 1. The van der Waals surface area contributed by atoms with Gasteiger partial charge in [0.15, 0.2) is 5.78 Å². The van der Waals surface area contributed by atoms with E-state index >= 15 is 0 Å². The maximum Gasteiger partial charge on any atom is 0.270 e. The first kappa shape index (κ1) is 21.5. The third-order valence-corrected chi connectivity index (χ3v) is 7.35. The summed E-state index contributed by atoms with van der Waals surface area (Å²) >= 11 is 0. The van der Waals surface area contributed by atoms with E-state index in [-0.39, 0.29) is 22.3 Å². The van der Waals surface area contributed by atoms with Crippen molar-refractivity contribution in [2.24, 2.45) is 5.92 Å². The highest BCUT2D eigenvalue weighted by Gasteiger charge is 2.36. The number of fused-ring (bicyclic) bond motifs is 3. The number of ketones is 1. The molecule has 4 fully saturated rings. The number of piperazine rings is 1. The summed E-state index contributed by atoms with van der Waals surface area (Å²) in [7, 11) is 0. The molecule has 4 saturated heterocycles. The van der Waals surface area contributed by atoms with Crippen molar-refractivity contribution in [2.75, 3.05) is 49.1 Å². The SMILES string of the molecule is Cc1cccc(C)c1N1CCN(c2ccc([N+](=O)[O-])cc2/C=C2/C(=O)C3CCN2CC3)CC1. The fraction of sp³-hybridized carbons (Fsp3) is 0.423. The molecule has 7 heteroatoms. The van der Waals surface area contributed by atoms with Gasteiger partial charge in [0.1, 0.15) is 0 Å². The first-order valence-corrected chi connectivity index (χ1v) is 11.8. The number of benzene rings is 2. The van der Waals surface area contributed by atoms with Crippen LogP contribution in [0.3, 0.4) is 0 Å². The van der Waals surface area contributed by atoms with Crippen LogP contribution in [0.25, 0.3) is 6.08 Å². The fourth-order valence-corrected chi connectivity index (χ4v) is 5.59. The predicted molar refractivity (Wildman–Crippen MR) is 131 cm³/mol. The van der Waals surface area contributed by atoms with Crippen LogP contribution in [-0.4, -0.2) is 54.9 Å². The Balaban J connectivity index is 1.44. The van der Waals surface area contributed by atoms with Crippen LogP contribution in [0.4, 0.5) is 17.1 Å². The smallest absolute Gasteiger partial charge is 0.270 e. The number of nitro groups is 1. The zero-order valence-corrected chi connectivity index (χ0v) is 19.3. The number of allylic oxidation sites excluding steroid dienone is 1. The number of rotatable bonds is 4. The van der Waals surface area contributed by atoms with Crippen LogP contribution in [0.2, 0.25) is 0 Å². The van der Waals surface area contributed by atoms with Crippen molar-refractivity contribution >= 4 is 28.9 Å². The number of para-hydroxylation sites is 1. The Hall–Kier alpha value is -3.35. The zero-order chi connectivity index (χ0) is 23.1. The molecule has 0 aromatic heterocycles. The van der Waals surface area contributed by atoms with E-state index < -0.39 is 0 Å². The molecule has 0 saturated carbocycles. The lowest BCUT2D eigenvalue weighted by atomic mass is 9.84. The van der Waals surface area contributed by atoms with Crippen molar-refractivity contribution in [3.63, 3.8) is 0 Å². The van der Waals surface area contributed by atoms with Gasteiger partial charge in [-0.1, -0.05) is 18.2 Å². The number of Topliss-reactive ketones (excluding diaryl/α,β-unsaturated/α-hetero) is 1. The molecule has 0 unspecified atom stereocenters. The molecule has 6 rings (SSSR count). The van der Waals surface area contributed by atoms with Crippen molar-refractivity contribution < 1.29 is 9.72 Å². The number of hydrogen-bond acceptors (Lipinski definition) is 6. The Kier molecular flexibility index (Phi) is 5.56. The minimum atomic E-state index is -0.361. The van der Waals surface area contributed by atoms with E-state index in [1.807, 2.05) is 12.1 Å². The number of piperidine rings is 3. The van der Waals surface area contributed by atoms with Gasteiger partial charge < -0.3 is 14.7 Å². The molecule has 2 aromatic carbocycles. The van der Waals surface area contributed by atoms with E-state index in [4.69, 9.17) is 0 Å². The van der Waals surface area contributed by atoms with Gasteiger partial charge in [0.05, 0.1) is 10.6 Å². The number of aryl methyl sites for hydroxylation is 2. The Morgan fingerprint density at radius 2 is 1.55 bits per heavy atom. The van der Waals surface area contributed by atoms with Crippen LogP contribution < -0.4 is 9.80 Å². The molecule has 172 valence electrons. The van der Waals surface area contributed by atoms with E-state index in [0.29, 0.717) is 5.70 Å². The quantitative estimate of drug-likeness (QED) is 0.399. The summed E-state index contributed by atoms with van der Waals surface area (Å²) in [4.78, 5) is 30.9. The number of nitro benzene ring substituents is 1. The van der Waals surface area contributed by atoms with Crippen molar-refractivity contribution in [2.45, 2.75) is 26.7 Å². The molecule has 0 N–H and O–H groups in total. The minimum Gasteiger partial charge on any atom is -0.369 e. The number of carbonyl (C=O) groups excluding carboxylic acids is 1. The normalized spacial score (nSPS) is 20.1. The van der Waals surface area contributed by atoms with Gasteiger partial charge in [-0.25, -0.2) is 0 Å². The van der Waals surface area contributed by atoms with Crippen molar-refractivity contribution in [1.82, 2.24) is 4.90 Å². The summed E-state index contributed by atoms with van der Waals surface area (Å²) in [5.41, 5.74) is 6.37. The molecule has 4 aliphatic heterocycles. The van der Waals surface area contributed by atoms with Crippen LogP contribution in [0, 0.1) is 29.9 Å². The van der Waals surface area contributed by atoms with Gasteiger partial charge >= 0.3 is 0 Å². The third kappa shape index (κ3) is 3.96. The molecule has 7 nitrogen and oxygen atoms in total. The van der Waals surface area contributed by atoms with Crippen molar-refractivity contribution in [1.29, 1.82) is 0 Å². The lowest BCUT2D eigenvalue weighted by molar-refractivity contribution is -0.384. The number of anilines is 2. The molecule has 0 atom stereocenters. The van der Waals surface area contributed by atoms with Crippen LogP contribution in [0.5, 0.6) is 0 Å². The van der Waals surface area contributed by atoms with Gasteiger partial charge in [-0.2, -0.15) is 0 Å². The second-order valence-electron chi connectivity index (χ2n) is 9.37. The summed E-state index contributed by atoms with van der Waals surface area (Å²) in [6.07, 6.45) is 3.73. The minimum absolute atomic E-state index is 0.0585. The highest BCUT2D eigenvalue weighted by atomic mass is 16.6. The molecule has 0 radical (unpaired) electrons. The lowest BCUT2D eigenvalue weighted by Crippen LogP contribution is -2.47. The summed E-state index contributed by atoms with van der Waals surface area (Å²) < 4.78 is 0. The second kappa shape index (κ2) is 8.54. The van der Waals surface area contributed by atoms with Crippen molar-refractivity contribution in [3.05, 3.63) is 68.9 Å². The maximum absolute atomic E-state index is 12.9. The topological polar surface area (TPSA) is 69.9 Å². The van der Waals surface area contributed by atoms with Gasteiger partial charge in [0, 0.05) is 74.3 Å². The lowest BCUT2D eigenvalue weighted by Gasteiger charge is -2.41. The van der Waals surface area contributed by atoms with Crippen molar-refractivity contribution in [3.8, 4) is 0 Å². The number of hydrogen-bond donors (Lipinski definition) is 0. The average Bonchev–Trinajstić information content (AvgIpc) is 2.82. The van der Waals surface area contributed by atoms with Crippen LogP contribution in [-0.2, 0) is 4.79 Å². The molecule has 0 aliphatic carbocycles. The molecular formula is C26H30N4O3.